The summed E-state index contributed by atoms with van der Waals surface area (Å²) in [5.41, 5.74) is 0.349. The van der Waals surface area contributed by atoms with Gasteiger partial charge in [-0.1, -0.05) is 0 Å². The van der Waals surface area contributed by atoms with Crippen LogP contribution in [0.1, 0.15) is 50.1 Å². The van der Waals surface area contributed by atoms with Crippen molar-refractivity contribution < 1.29 is 14.3 Å². The number of rotatable bonds is 5. The molecule has 1 aromatic rings. The van der Waals surface area contributed by atoms with Gasteiger partial charge in [-0.2, -0.15) is 5.10 Å². The van der Waals surface area contributed by atoms with Gasteiger partial charge in [-0.25, -0.2) is 4.79 Å². The lowest BCUT2D eigenvalue weighted by atomic mass is 10.1. The molecule has 2 unspecified atom stereocenters. The molecule has 7 nitrogen and oxygen atoms in total. The van der Waals surface area contributed by atoms with Gasteiger partial charge in [0, 0.05) is 19.8 Å². The van der Waals surface area contributed by atoms with E-state index < -0.39 is 12.0 Å². The van der Waals surface area contributed by atoms with Crippen LogP contribution in [0.2, 0.25) is 0 Å². The van der Waals surface area contributed by atoms with Crippen LogP contribution in [0.5, 0.6) is 0 Å². The molecule has 0 radical (unpaired) electrons. The maximum absolute atomic E-state index is 12.5. The smallest absolute Gasteiger partial charge is 0.328 e. The van der Waals surface area contributed by atoms with Crippen LogP contribution in [0.15, 0.2) is 12.3 Å². The SMILES string of the molecule is CC(C)OC(=O)C(C)N(C)C(=O)c1ccn(C2CCCNC2)n1. The van der Waals surface area contributed by atoms with Gasteiger partial charge in [0.2, 0.25) is 0 Å². The Kier molecular flexibility index (Phi) is 5.76. The highest BCUT2D eigenvalue weighted by Crippen LogP contribution is 2.16. The number of piperidine rings is 1. The molecule has 2 heterocycles. The van der Waals surface area contributed by atoms with Gasteiger partial charge in [0.1, 0.15) is 11.7 Å². The van der Waals surface area contributed by atoms with Crippen molar-refractivity contribution in [2.24, 2.45) is 0 Å². The van der Waals surface area contributed by atoms with E-state index in [0.717, 1.165) is 25.9 Å². The first-order chi connectivity index (χ1) is 10.9. The van der Waals surface area contributed by atoms with Crippen molar-refractivity contribution >= 4 is 11.9 Å². The van der Waals surface area contributed by atoms with Crippen LogP contribution in [0, 0.1) is 0 Å². The second-order valence-electron chi connectivity index (χ2n) is 6.26. The van der Waals surface area contributed by atoms with E-state index in [9.17, 15) is 9.59 Å². The van der Waals surface area contributed by atoms with E-state index in [1.54, 1.807) is 33.9 Å². The number of hydrogen-bond acceptors (Lipinski definition) is 5. The van der Waals surface area contributed by atoms with Crippen molar-refractivity contribution in [3.63, 3.8) is 0 Å². The fraction of sp³-hybridized carbons (Fsp3) is 0.688. The van der Waals surface area contributed by atoms with Crippen molar-refractivity contribution in [2.45, 2.75) is 51.8 Å². The molecule has 0 spiro atoms. The lowest BCUT2D eigenvalue weighted by Crippen LogP contribution is -2.42. The summed E-state index contributed by atoms with van der Waals surface area (Å²) >= 11 is 0. The van der Waals surface area contributed by atoms with Gasteiger partial charge in [0.15, 0.2) is 0 Å². The predicted octanol–water partition coefficient (Wildman–Crippen LogP) is 1.22. The second kappa shape index (κ2) is 7.59. The first-order valence-electron chi connectivity index (χ1n) is 8.13. The third-order valence-electron chi connectivity index (χ3n) is 4.07. The summed E-state index contributed by atoms with van der Waals surface area (Å²) in [6.07, 6.45) is 3.78. The van der Waals surface area contributed by atoms with Crippen LogP contribution in [-0.2, 0) is 9.53 Å². The third kappa shape index (κ3) is 4.31. The Balaban J connectivity index is 2.01. The summed E-state index contributed by atoms with van der Waals surface area (Å²) in [5.74, 6) is -0.688. The zero-order chi connectivity index (χ0) is 17.0. The van der Waals surface area contributed by atoms with Crippen LogP contribution in [0.25, 0.3) is 0 Å². The van der Waals surface area contributed by atoms with Crippen molar-refractivity contribution in [2.75, 3.05) is 20.1 Å². The van der Waals surface area contributed by atoms with E-state index in [-0.39, 0.29) is 18.1 Å². The molecule has 2 rings (SSSR count). The van der Waals surface area contributed by atoms with Crippen molar-refractivity contribution in [1.29, 1.82) is 0 Å². The Morgan fingerprint density at radius 2 is 2.17 bits per heavy atom. The Morgan fingerprint density at radius 3 is 2.78 bits per heavy atom. The van der Waals surface area contributed by atoms with Gasteiger partial charge in [-0.3, -0.25) is 9.48 Å². The third-order valence-corrected chi connectivity index (χ3v) is 4.07. The topological polar surface area (TPSA) is 76.5 Å². The Labute approximate surface area is 137 Å². The van der Waals surface area contributed by atoms with Crippen LogP contribution in [0.4, 0.5) is 0 Å². The molecule has 2 atom stereocenters. The Bertz CT molecular complexity index is 549. The highest BCUT2D eigenvalue weighted by atomic mass is 16.5. The average Bonchev–Trinajstić information content (AvgIpc) is 3.03. The van der Waals surface area contributed by atoms with Crippen LogP contribution in [0.3, 0.4) is 0 Å². The van der Waals surface area contributed by atoms with Gasteiger partial charge in [0.05, 0.1) is 12.1 Å². The molecule has 1 saturated heterocycles. The summed E-state index contributed by atoms with van der Waals surface area (Å²) in [7, 11) is 1.59. The van der Waals surface area contributed by atoms with E-state index in [4.69, 9.17) is 4.74 Å². The standard InChI is InChI=1S/C16H26N4O3/c1-11(2)23-16(22)12(3)19(4)15(21)14-7-9-20(18-14)13-6-5-8-17-10-13/h7,9,11-13,17H,5-6,8,10H2,1-4H3. The fourth-order valence-corrected chi connectivity index (χ4v) is 2.56. The molecule has 0 saturated carbocycles. The molecule has 1 N–H and O–H groups in total. The second-order valence-corrected chi connectivity index (χ2v) is 6.26. The normalized spacial score (nSPS) is 19.4. The number of likely N-dealkylation sites (N-methyl/N-ethyl adjacent to an activating group) is 1. The van der Waals surface area contributed by atoms with Gasteiger partial charge < -0.3 is 15.0 Å². The van der Waals surface area contributed by atoms with E-state index in [1.807, 2.05) is 10.9 Å². The molecule has 0 bridgehead atoms. The van der Waals surface area contributed by atoms with Crippen molar-refractivity contribution in [1.82, 2.24) is 20.0 Å². The summed E-state index contributed by atoms with van der Waals surface area (Å²) in [5, 5.41) is 7.72. The molecule has 7 heteroatoms. The summed E-state index contributed by atoms with van der Waals surface area (Å²) in [6, 6.07) is 1.33. The van der Waals surface area contributed by atoms with E-state index in [1.165, 1.54) is 4.90 Å². The first kappa shape index (κ1) is 17.5. The highest BCUT2D eigenvalue weighted by Gasteiger charge is 2.27. The number of carbonyl (C=O) groups excluding carboxylic acids is 2. The number of esters is 1. The number of carbonyl (C=O) groups is 2. The fourth-order valence-electron chi connectivity index (χ4n) is 2.56. The van der Waals surface area contributed by atoms with Gasteiger partial charge in [0.25, 0.3) is 5.91 Å². The highest BCUT2D eigenvalue weighted by molar-refractivity contribution is 5.94. The number of amides is 1. The number of ether oxygens (including phenoxy) is 1. The van der Waals surface area contributed by atoms with Gasteiger partial charge >= 0.3 is 5.97 Å². The average molecular weight is 322 g/mol. The van der Waals surface area contributed by atoms with Crippen LogP contribution < -0.4 is 5.32 Å². The Hall–Kier alpha value is -1.89. The summed E-state index contributed by atoms with van der Waals surface area (Å²) < 4.78 is 6.99. The first-order valence-corrected chi connectivity index (χ1v) is 8.13. The Morgan fingerprint density at radius 1 is 1.43 bits per heavy atom. The quantitative estimate of drug-likeness (QED) is 0.825. The molecule has 0 aromatic carbocycles. The molecular formula is C16H26N4O3. The van der Waals surface area contributed by atoms with E-state index in [2.05, 4.69) is 10.4 Å². The lowest BCUT2D eigenvalue weighted by molar-refractivity contribution is -0.151. The number of nitrogens with one attached hydrogen (secondary N) is 1. The van der Waals surface area contributed by atoms with Crippen molar-refractivity contribution in [3.8, 4) is 0 Å². The summed E-state index contributed by atoms with van der Waals surface area (Å²) in [4.78, 5) is 25.8. The van der Waals surface area contributed by atoms with Crippen LogP contribution in [-0.4, -0.2) is 58.8 Å². The largest absolute Gasteiger partial charge is 0.461 e. The molecule has 128 valence electrons. The minimum atomic E-state index is -0.647. The van der Waals surface area contributed by atoms with Gasteiger partial charge in [-0.05, 0) is 46.2 Å². The molecule has 1 aromatic heterocycles. The maximum atomic E-state index is 12.5. The molecule has 1 amide bonds. The molecule has 1 aliphatic rings. The molecule has 1 aliphatic heterocycles. The minimum absolute atomic E-state index is 0.202. The number of nitrogens with zero attached hydrogens (tertiary/aromatic N) is 3. The molecule has 23 heavy (non-hydrogen) atoms. The van der Waals surface area contributed by atoms with Crippen LogP contribution >= 0.6 is 0 Å². The maximum Gasteiger partial charge on any atom is 0.328 e. The number of hydrogen-bond donors (Lipinski definition) is 1. The molecule has 1 fully saturated rings. The molecule has 0 aliphatic carbocycles. The van der Waals surface area contributed by atoms with Crippen molar-refractivity contribution in [3.05, 3.63) is 18.0 Å². The zero-order valence-corrected chi connectivity index (χ0v) is 14.3. The van der Waals surface area contributed by atoms with E-state index >= 15 is 0 Å². The lowest BCUT2D eigenvalue weighted by Gasteiger charge is -2.24. The number of aromatic nitrogens is 2. The predicted molar refractivity (Wildman–Crippen MR) is 86.2 cm³/mol. The molecular weight excluding hydrogens is 296 g/mol. The van der Waals surface area contributed by atoms with Gasteiger partial charge in [-0.15, -0.1) is 0 Å². The minimum Gasteiger partial charge on any atom is -0.461 e. The zero-order valence-electron chi connectivity index (χ0n) is 14.3. The monoisotopic (exact) mass is 322 g/mol. The summed E-state index contributed by atoms with van der Waals surface area (Å²) in [6.45, 7) is 7.12. The van der Waals surface area contributed by atoms with E-state index in [0.29, 0.717) is 5.69 Å².